The Morgan fingerprint density at radius 1 is 1.16 bits per heavy atom. The minimum Gasteiger partial charge on any atom is -0.444 e. The van der Waals surface area contributed by atoms with E-state index in [-0.39, 0.29) is 0 Å². The van der Waals surface area contributed by atoms with Gasteiger partial charge in [-0.3, -0.25) is 4.99 Å². The lowest BCUT2D eigenvalue weighted by atomic mass is 9.94. The largest absolute Gasteiger partial charge is 0.444 e. The number of carbonyl (C=O) groups is 1. The third-order valence-electron chi connectivity index (χ3n) is 4.08. The molecule has 25 heavy (non-hydrogen) atoms. The Kier molecular flexibility index (Phi) is 9.63. The summed E-state index contributed by atoms with van der Waals surface area (Å²) in [5.74, 6) is 1.60. The molecule has 0 atom stereocenters. The summed E-state index contributed by atoms with van der Waals surface area (Å²) in [5, 5.41) is 9.22. The summed E-state index contributed by atoms with van der Waals surface area (Å²) in [6, 6.07) is 0. The quantitative estimate of drug-likeness (QED) is 0.369. The van der Waals surface area contributed by atoms with Crippen LogP contribution in [0.25, 0.3) is 0 Å². The molecule has 0 aromatic rings. The number of carbonyl (C=O) groups excluding carboxylic acids is 1. The number of hydrogen-bond acceptors (Lipinski definition) is 4. The third-order valence-corrected chi connectivity index (χ3v) is 4.08. The van der Waals surface area contributed by atoms with Crippen molar-refractivity contribution in [1.29, 1.82) is 0 Å². The molecule has 0 radical (unpaired) electrons. The van der Waals surface area contributed by atoms with Crippen LogP contribution in [-0.2, 0) is 4.74 Å². The molecule has 1 aliphatic heterocycles. The van der Waals surface area contributed by atoms with Crippen LogP contribution >= 0.6 is 0 Å². The maximum absolute atomic E-state index is 11.6. The maximum Gasteiger partial charge on any atom is 0.407 e. The number of alkyl carbamates (subject to hydrolysis) is 1. The fourth-order valence-corrected chi connectivity index (χ4v) is 2.71. The SMILES string of the molecule is CCNC(=NCCC1CCN(C)CC1)NCCNC(=O)OC(C)(C)C. The number of hydrogen-bond donors (Lipinski definition) is 3. The second-order valence-electron chi connectivity index (χ2n) is 7.65. The Bertz CT molecular complexity index is 412. The molecule has 0 saturated carbocycles. The maximum atomic E-state index is 11.6. The van der Waals surface area contributed by atoms with Crippen molar-refractivity contribution in [2.75, 3.05) is 46.3 Å². The molecule has 3 N–H and O–H groups in total. The molecule has 1 saturated heterocycles. The molecule has 1 rings (SSSR count). The van der Waals surface area contributed by atoms with Gasteiger partial charge in [-0.05, 0) is 73.0 Å². The van der Waals surface area contributed by atoms with Crippen molar-refractivity contribution in [2.45, 2.75) is 52.6 Å². The first-order chi connectivity index (χ1) is 11.8. The molecule has 7 heteroatoms. The zero-order chi connectivity index (χ0) is 18.7. The number of nitrogens with zero attached hydrogens (tertiary/aromatic N) is 2. The second kappa shape index (κ2) is 11.2. The van der Waals surface area contributed by atoms with Crippen molar-refractivity contribution in [1.82, 2.24) is 20.9 Å². The van der Waals surface area contributed by atoms with Crippen LogP contribution in [0, 0.1) is 5.92 Å². The average Bonchev–Trinajstić information content (AvgIpc) is 2.51. The molecule has 1 heterocycles. The number of piperidine rings is 1. The Hall–Kier alpha value is -1.50. The molecule has 146 valence electrons. The van der Waals surface area contributed by atoms with E-state index in [1.807, 2.05) is 27.7 Å². The van der Waals surface area contributed by atoms with Gasteiger partial charge in [0.15, 0.2) is 5.96 Å². The number of ether oxygens (including phenoxy) is 1. The van der Waals surface area contributed by atoms with Crippen molar-refractivity contribution in [2.24, 2.45) is 10.9 Å². The topological polar surface area (TPSA) is 78.0 Å². The highest BCUT2D eigenvalue weighted by Crippen LogP contribution is 2.19. The first-order valence-corrected chi connectivity index (χ1v) is 9.47. The van der Waals surface area contributed by atoms with Crippen LogP contribution in [-0.4, -0.2) is 68.9 Å². The minimum atomic E-state index is -0.470. The molecular weight excluding hydrogens is 318 g/mol. The van der Waals surface area contributed by atoms with Crippen molar-refractivity contribution < 1.29 is 9.53 Å². The van der Waals surface area contributed by atoms with Crippen molar-refractivity contribution in [3.63, 3.8) is 0 Å². The van der Waals surface area contributed by atoms with Gasteiger partial charge in [0.05, 0.1) is 0 Å². The predicted octanol–water partition coefficient (Wildman–Crippen LogP) is 1.80. The molecule has 0 bridgehead atoms. The highest BCUT2D eigenvalue weighted by Gasteiger charge is 2.16. The van der Waals surface area contributed by atoms with E-state index in [0.29, 0.717) is 13.1 Å². The van der Waals surface area contributed by atoms with Crippen LogP contribution in [0.3, 0.4) is 0 Å². The van der Waals surface area contributed by atoms with E-state index in [0.717, 1.165) is 31.4 Å². The molecular formula is C18H37N5O2. The minimum absolute atomic E-state index is 0.390. The van der Waals surface area contributed by atoms with Gasteiger partial charge in [-0.25, -0.2) is 4.79 Å². The Morgan fingerprint density at radius 2 is 1.80 bits per heavy atom. The van der Waals surface area contributed by atoms with Gasteiger partial charge in [-0.2, -0.15) is 0 Å². The number of rotatable bonds is 7. The van der Waals surface area contributed by atoms with Gasteiger partial charge in [0.1, 0.15) is 5.60 Å². The van der Waals surface area contributed by atoms with E-state index < -0.39 is 11.7 Å². The van der Waals surface area contributed by atoms with Crippen molar-refractivity contribution in [3.8, 4) is 0 Å². The number of likely N-dealkylation sites (tertiary alicyclic amines) is 1. The summed E-state index contributed by atoms with van der Waals surface area (Å²) in [6.45, 7) is 12.8. The smallest absolute Gasteiger partial charge is 0.407 e. The number of aliphatic imine (C=N–C) groups is 1. The van der Waals surface area contributed by atoms with Crippen LogP contribution in [0.2, 0.25) is 0 Å². The van der Waals surface area contributed by atoms with Gasteiger partial charge < -0.3 is 25.6 Å². The molecule has 0 unspecified atom stereocenters. The predicted molar refractivity (Wildman–Crippen MR) is 103 cm³/mol. The molecule has 1 amide bonds. The van der Waals surface area contributed by atoms with E-state index in [1.54, 1.807) is 0 Å². The summed E-state index contributed by atoms with van der Waals surface area (Å²) in [7, 11) is 2.19. The zero-order valence-electron chi connectivity index (χ0n) is 16.7. The molecule has 0 aromatic carbocycles. The number of nitrogens with one attached hydrogen (secondary N) is 3. The zero-order valence-corrected chi connectivity index (χ0v) is 16.7. The van der Waals surface area contributed by atoms with Gasteiger partial charge in [-0.1, -0.05) is 0 Å². The second-order valence-corrected chi connectivity index (χ2v) is 7.65. The summed E-state index contributed by atoms with van der Waals surface area (Å²) in [6.07, 6.45) is 3.30. The lowest BCUT2D eigenvalue weighted by Gasteiger charge is -2.28. The van der Waals surface area contributed by atoms with E-state index in [1.165, 1.54) is 25.9 Å². The van der Waals surface area contributed by atoms with E-state index in [4.69, 9.17) is 4.74 Å². The van der Waals surface area contributed by atoms with Crippen molar-refractivity contribution in [3.05, 3.63) is 0 Å². The Morgan fingerprint density at radius 3 is 2.40 bits per heavy atom. The summed E-state index contributed by atoms with van der Waals surface area (Å²) < 4.78 is 5.20. The third kappa shape index (κ3) is 10.9. The van der Waals surface area contributed by atoms with Gasteiger partial charge in [0.2, 0.25) is 0 Å². The van der Waals surface area contributed by atoms with Crippen LogP contribution < -0.4 is 16.0 Å². The van der Waals surface area contributed by atoms with Gasteiger partial charge in [0.25, 0.3) is 0 Å². The summed E-state index contributed by atoms with van der Waals surface area (Å²) in [4.78, 5) is 18.6. The van der Waals surface area contributed by atoms with Gasteiger partial charge >= 0.3 is 6.09 Å². The van der Waals surface area contributed by atoms with Crippen molar-refractivity contribution >= 4 is 12.1 Å². The highest BCUT2D eigenvalue weighted by atomic mass is 16.6. The number of amides is 1. The van der Waals surface area contributed by atoms with E-state index >= 15 is 0 Å². The van der Waals surface area contributed by atoms with Gasteiger partial charge in [0, 0.05) is 26.2 Å². The average molecular weight is 356 g/mol. The molecule has 1 aliphatic rings. The highest BCUT2D eigenvalue weighted by molar-refractivity contribution is 5.79. The van der Waals surface area contributed by atoms with Crippen LogP contribution in [0.15, 0.2) is 4.99 Å². The molecule has 1 fully saturated rings. The van der Waals surface area contributed by atoms with Gasteiger partial charge in [-0.15, -0.1) is 0 Å². The fraction of sp³-hybridized carbons (Fsp3) is 0.889. The van der Waals surface area contributed by atoms with Crippen LogP contribution in [0.5, 0.6) is 0 Å². The van der Waals surface area contributed by atoms with Crippen LogP contribution in [0.1, 0.15) is 47.0 Å². The Labute approximate surface area is 153 Å². The lowest BCUT2D eigenvalue weighted by molar-refractivity contribution is 0.0529. The summed E-state index contributed by atoms with van der Waals surface area (Å²) in [5.41, 5.74) is -0.470. The normalized spacial score (nSPS) is 17.2. The molecule has 0 aromatic heterocycles. The number of guanidine groups is 1. The lowest BCUT2D eigenvalue weighted by Crippen LogP contribution is -2.42. The first kappa shape index (κ1) is 21.5. The fourth-order valence-electron chi connectivity index (χ4n) is 2.71. The first-order valence-electron chi connectivity index (χ1n) is 9.47. The summed E-state index contributed by atoms with van der Waals surface area (Å²) >= 11 is 0. The Balaban J connectivity index is 2.23. The molecule has 0 spiro atoms. The van der Waals surface area contributed by atoms with Crippen LogP contribution in [0.4, 0.5) is 4.79 Å². The standard InChI is InChI=1S/C18H37N5O2/c1-6-19-16(20-10-7-15-8-13-23(5)14-9-15)21-11-12-22-17(24)25-18(2,3)4/h15H,6-14H2,1-5H3,(H,22,24)(H2,19,20,21). The van der Waals surface area contributed by atoms with E-state index in [2.05, 4.69) is 32.9 Å². The molecule has 7 nitrogen and oxygen atoms in total. The monoisotopic (exact) mass is 355 g/mol. The molecule has 0 aliphatic carbocycles. The van der Waals surface area contributed by atoms with E-state index in [9.17, 15) is 4.79 Å².